The van der Waals surface area contributed by atoms with Crippen molar-refractivity contribution in [1.29, 1.82) is 0 Å². The van der Waals surface area contributed by atoms with E-state index in [0.717, 1.165) is 35.7 Å². The summed E-state index contributed by atoms with van der Waals surface area (Å²) in [5.74, 6) is 1.56. The highest BCUT2D eigenvalue weighted by molar-refractivity contribution is 5.74. The van der Waals surface area contributed by atoms with Crippen LogP contribution in [0.3, 0.4) is 0 Å². The summed E-state index contributed by atoms with van der Waals surface area (Å²) in [6, 6.07) is 6.15. The number of hydrogen-bond acceptors (Lipinski definition) is 4. The van der Waals surface area contributed by atoms with Crippen LogP contribution in [0.2, 0.25) is 0 Å². The van der Waals surface area contributed by atoms with E-state index in [4.69, 9.17) is 9.15 Å². The van der Waals surface area contributed by atoms with Crippen molar-refractivity contribution in [1.82, 2.24) is 10.3 Å². The Morgan fingerprint density at radius 2 is 2.24 bits per heavy atom. The summed E-state index contributed by atoms with van der Waals surface area (Å²) < 4.78 is 10.8. The van der Waals surface area contributed by atoms with E-state index in [1.165, 1.54) is 0 Å². The number of fused-ring (bicyclic) bond motifs is 1. The van der Waals surface area contributed by atoms with E-state index in [1.807, 2.05) is 18.2 Å². The maximum atomic E-state index is 5.66. The van der Waals surface area contributed by atoms with Crippen molar-refractivity contribution >= 4 is 11.1 Å². The van der Waals surface area contributed by atoms with E-state index in [-0.39, 0.29) is 0 Å². The number of methoxy groups -OCH3 is 1. The molecule has 0 saturated heterocycles. The Morgan fingerprint density at radius 3 is 2.94 bits per heavy atom. The minimum atomic E-state index is 0.486. The average molecular weight is 234 g/mol. The highest BCUT2D eigenvalue weighted by atomic mass is 16.5. The second kappa shape index (κ2) is 5.19. The van der Waals surface area contributed by atoms with Crippen molar-refractivity contribution < 1.29 is 9.15 Å². The molecule has 1 aromatic carbocycles. The molecule has 1 aromatic heterocycles. The number of rotatable bonds is 5. The van der Waals surface area contributed by atoms with Gasteiger partial charge in [-0.25, -0.2) is 4.98 Å². The van der Waals surface area contributed by atoms with E-state index in [9.17, 15) is 0 Å². The van der Waals surface area contributed by atoms with Gasteiger partial charge in [0.15, 0.2) is 11.5 Å². The number of nitrogens with one attached hydrogen (secondary N) is 1. The lowest BCUT2D eigenvalue weighted by atomic mass is 10.3. The van der Waals surface area contributed by atoms with Crippen LogP contribution in [0.5, 0.6) is 5.75 Å². The van der Waals surface area contributed by atoms with Gasteiger partial charge in [-0.15, -0.1) is 0 Å². The van der Waals surface area contributed by atoms with Crippen LogP contribution in [0.1, 0.15) is 19.7 Å². The first-order chi connectivity index (χ1) is 8.19. The Hall–Kier alpha value is -1.55. The topological polar surface area (TPSA) is 47.3 Å². The zero-order valence-electron chi connectivity index (χ0n) is 10.5. The predicted molar refractivity (Wildman–Crippen MR) is 67.4 cm³/mol. The molecule has 2 aromatic rings. The summed E-state index contributed by atoms with van der Waals surface area (Å²) in [6.45, 7) is 5.12. The van der Waals surface area contributed by atoms with Crippen molar-refractivity contribution in [3.8, 4) is 5.75 Å². The molecule has 2 rings (SSSR count). The zero-order valence-corrected chi connectivity index (χ0v) is 10.5. The van der Waals surface area contributed by atoms with Crippen LogP contribution in [0, 0.1) is 0 Å². The molecule has 4 heteroatoms. The number of ether oxygens (including phenoxy) is 1. The minimum absolute atomic E-state index is 0.486. The van der Waals surface area contributed by atoms with Crippen molar-refractivity contribution in [2.75, 3.05) is 13.7 Å². The van der Waals surface area contributed by atoms with Gasteiger partial charge in [-0.05, 0) is 12.1 Å². The second-order valence-electron chi connectivity index (χ2n) is 4.30. The lowest BCUT2D eigenvalue weighted by molar-refractivity contribution is 0.414. The quantitative estimate of drug-likeness (QED) is 0.862. The van der Waals surface area contributed by atoms with Gasteiger partial charge in [0.1, 0.15) is 11.3 Å². The number of aromatic nitrogens is 1. The summed E-state index contributed by atoms with van der Waals surface area (Å²) >= 11 is 0. The second-order valence-corrected chi connectivity index (χ2v) is 4.30. The third-order valence-corrected chi connectivity index (χ3v) is 2.53. The normalized spacial score (nSPS) is 11.3. The van der Waals surface area contributed by atoms with Gasteiger partial charge >= 0.3 is 0 Å². The summed E-state index contributed by atoms with van der Waals surface area (Å²) in [7, 11) is 1.64. The third-order valence-electron chi connectivity index (χ3n) is 2.53. The molecular weight excluding hydrogens is 216 g/mol. The maximum absolute atomic E-state index is 5.66. The molecular formula is C13H18N2O2. The van der Waals surface area contributed by atoms with E-state index in [2.05, 4.69) is 24.1 Å². The molecule has 0 saturated carbocycles. The average Bonchev–Trinajstić information content (AvgIpc) is 2.69. The summed E-state index contributed by atoms with van der Waals surface area (Å²) in [4.78, 5) is 4.42. The highest BCUT2D eigenvalue weighted by Crippen LogP contribution is 2.21. The zero-order chi connectivity index (χ0) is 12.3. The molecule has 0 fully saturated rings. The van der Waals surface area contributed by atoms with Crippen LogP contribution >= 0.6 is 0 Å². The molecule has 92 valence electrons. The minimum Gasteiger partial charge on any atom is -0.497 e. The van der Waals surface area contributed by atoms with E-state index in [1.54, 1.807) is 7.11 Å². The molecule has 0 bridgehead atoms. The van der Waals surface area contributed by atoms with Gasteiger partial charge in [-0.3, -0.25) is 0 Å². The maximum Gasteiger partial charge on any atom is 0.196 e. The van der Waals surface area contributed by atoms with Crippen LogP contribution in [-0.4, -0.2) is 24.7 Å². The molecule has 4 nitrogen and oxygen atoms in total. The highest BCUT2D eigenvalue weighted by Gasteiger charge is 2.06. The summed E-state index contributed by atoms with van der Waals surface area (Å²) in [5.41, 5.74) is 1.66. The lowest BCUT2D eigenvalue weighted by Crippen LogP contribution is -2.24. The van der Waals surface area contributed by atoms with E-state index in [0.29, 0.717) is 6.04 Å². The fourth-order valence-electron chi connectivity index (χ4n) is 1.65. The van der Waals surface area contributed by atoms with E-state index >= 15 is 0 Å². The van der Waals surface area contributed by atoms with Gasteiger partial charge in [0, 0.05) is 25.1 Å². The molecule has 1 heterocycles. The molecule has 0 aliphatic carbocycles. The first kappa shape index (κ1) is 11.9. The predicted octanol–water partition coefficient (Wildman–Crippen LogP) is 2.38. The number of nitrogens with zero attached hydrogens (tertiary/aromatic N) is 1. The molecule has 0 aliphatic rings. The number of oxazole rings is 1. The molecule has 0 atom stereocenters. The van der Waals surface area contributed by atoms with Gasteiger partial charge in [0.25, 0.3) is 0 Å². The van der Waals surface area contributed by atoms with Crippen LogP contribution in [-0.2, 0) is 6.42 Å². The lowest BCUT2D eigenvalue weighted by Gasteiger charge is -2.04. The molecule has 1 N–H and O–H groups in total. The van der Waals surface area contributed by atoms with Crippen molar-refractivity contribution in [2.24, 2.45) is 0 Å². The molecule has 0 amide bonds. The summed E-state index contributed by atoms with van der Waals surface area (Å²) in [5, 5.41) is 3.34. The fourth-order valence-corrected chi connectivity index (χ4v) is 1.65. The Morgan fingerprint density at radius 1 is 1.41 bits per heavy atom. The van der Waals surface area contributed by atoms with E-state index < -0.39 is 0 Å². The van der Waals surface area contributed by atoms with Gasteiger partial charge in [0.05, 0.1) is 7.11 Å². The van der Waals surface area contributed by atoms with Gasteiger partial charge in [-0.1, -0.05) is 13.8 Å². The van der Waals surface area contributed by atoms with Crippen LogP contribution < -0.4 is 10.1 Å². The van der Waals surface area contributed by atoms with Crippen LogP contribution in [0.4, 0.5) is 0 Å². The summed E-state index contributed by atoms with van der Waals surface area (Å²) in [6.07, 6.45) is 0.801. The Labute approximate surface area is 101 Å². The van der Waals surface area contributed by atoms with Gasteiger partial charge < -0.3 is 14.5 Å². The molecule has 0 radical (unpaired) electrons. The van der Waals surface area contributed by atoms with Crippen LogP contribution in [0.25, 0.3) is 11.1 Å². The smallest absolute Gasteiger partial charge is 0.196 e. The van der Waals surface area contributed by atoms with Crippen molar-refractivity contribution in [2.45, 2.75) is 26.3 Å². The molecule has 0 spiro atoms. The largest absolute Gasteiger partial charge is 0.497 e. The number of benzene rings is 1. The molecule has 17 heavy (non-hydrogen) atoms. The number of hydrogen-bond donors (Lipinski definition) is 1. The Bertz CT molecular complexity index is 491. The monoisotopic (exact) mass is 234 g/mol. The first-order valence-electron chi connectivity index (χ1n) is 5.86. The molecule has 0 unspecified atom stereocenters. The van der Waals surface area contributed by atoms with Gasteiger partial charge in [-0.2, -0.15) is 0 Å². The Kier molecular flexibility index (Phi) is 3.64. The molecule has 0 aliphatic heterocycles. The third kappa shape index (κ3) is 2.97. The SMILES string of the molecule is COc1ccc2nc(CCNC(C)C)oc2c1. The van der Waals surface area contributed by atoms with Gasteiger partial charge in [0.2, 0.25) is 0 Å². The van der Waals surface area contributed by atoms with Crippen LogP contribution in [0.15, 0.2) is 22.6 Å². The van der Waals surface area contributed by atoms with Crippen molar-refractivity contribution in [3.05, 3.63) is 24.1 Å². The fraction of sp³-hybridized carbons (Fsp3) is 0.462. The first-order valence-corrected chi connectivity index (χ1v) is 5.86. The standard InChI is InChI=1S/C13H18N2O2/c1-9(2)14-7-6-13-15-11-5-4-10(16-3)8-12(11)17-13/h4-5,8-9,14H,6-7H2,1-3H3. The van der Waals surface area contributed by atoms with Crippen molar-refractivity contribution in [3.63, 3.8) is 0 Å². The Balaban J connectivity index is 2.09.